The molecule has 1 heterocycles. The van der Waals surface area contributed by atoms with E-state index in [0.717, 1.165) is 0 Å². The number of nitrogen functional groups attached to an aromatic ring is 1. The van der Waals surface area contributed by atoms with E-state index in [-0.39, 0.29) is 27.9 Å². The van der Waals surface area contributed by atoms with Crippen LogP contribution in [-0.2, 0) is 6.42 Å². The maximum absolute atomic E-state index is 13.1. The lowest BCUT2D eigenvalue weighted by Crippen LogP contribution is -2.05. The molecule has 0 aliphatic carbocycles. The predicted molar refractivity (Wildman–Crippen MR) is 108 cm³/mol. The second-order valence-electron chi connectivity index (χ2n) is 6.16. The Bertz CT molecular complexity index is 1090. The molecule has 1 aromatic heterocycles. The number of nitriles is 1. The number of anilines is 2. The molecule has 0 atom stereocenters. The van der Waals surface area contributed by atoms with Gasteiger partial charge in [-0.1, -0.05) is 11.6 Å². The zero-order valence-corrected chi connectivity index (χ0v) is 15.9. The zero-order valence-electron chi connectivity index (χ0n) is 15.1. The van der Waals surface area contributed by atoms with E-state index >= 15 is 0 Å². The number of aromatic nitrogens is 2. The molecule has 0 radical (unpaired) electrons. The molecular formula is C19H16ClFN6O2. The molecule has 0 aliphatic heterocycles. The molecular weight excluding hydrogens is 399 g/mol. The summed E-state index contributed by atoms with van der Waals surface area (Å²) in [5.41, 5.74) is 7.90. The Labute approximate surface area is 170 Å². The SMILES string of the molecule is N#Cc1c(CCCNc2ccc([N+](=O)[O-])cc2Cl)nn(-c2ccc(F)cc2)c1N. The lowest BCUT2D eigenvalue weighted by Gasteiger charge is -2.07. The Morgan fingerprint density at radius 1 is 1.31 bits per heavy atom. The third-order valence-corrected chi connectivity index (χ3v) is 4.56. The van der Waals surface area contributed by atoms with E-state index < -0.39 is 4.92 Å². The molecule has 0 bridgehead atoms. The van der Waals surface area contributed by atoms with Crippen LogP contribution in [0.25, 0.3) is 5.69 Å². The van der Waals surface area contributed by atoms with Crippen molar-refractivity contribution in [2.24, 2.45) is 0 Å². The van der Waals surface area contributed by atoms with E-state index in [4.69, 9.17) is 17.3 Å². The smallest absolute Gasteiger partial charge is 0.271 e. The molecule has 3 rings (SSSR count). The molecule has 0 amide bonds. The van der Waals surface area contributed by atoms with Crippen molar-refractivity contribution in [2.45, 2.75) is 12.8 Å². The quantitative estimate of drug-likeness (QED) is 0.341. The lowest BCUT2D eigenvalue weighted by atomic mass is 10.1. The number of nitro benzene ring substituents is 1. The molecule has 0 unspecified atom stereocenters. The first-order chi connectivity index (χ1) is 13.9. The number of hydrogen-bond donors (Lipinski definition) is 2. The highest BCUT2D eigenvalue weighted by Crippen LogP contribution is 2.27. The van der Waals surface area contributed by atoms with Crippen LogP contribution in [0.1, 0.15) is 17.7 Å². The van der Waals surface area contributed by atoms with E-state index in [1.54, 1.807) is 6.07 Å². The van der Waals surface area contributed by atoms with E-state index in [2.05, 4.69) is 16.5 Å². The van der Waals surface area contributed by atoms with Crippen molar-refractivity contribution in [3.05, 3.63) is 74.7 Å². The van der Waals surface area contributed by atoms with Crippen molar-refractivity contribution in [1.29, 1.82) is 5.26 Å². The summed E-state index contributed by atoms with van der Waals surface area (Å²) in [5, 5.41) is 27.9. The largest absolute Gasteiger partial charge is 0.384 e. The molecule has 8 nitrogen and oxygen atoms in total. The zero-order chi connectivity index (χ0) is 21.0. The van der Waals surface area contributed by atoms with Gasteiger partial charge in [0.05, 0.1) is 27.0 Å². The van der Waals surface area contributed by atoms with Gasteiger partial charge in [-0.25, -0.2) is 9.07 Å². The van der Waals surface area contributed by atoms with Crippen LogP contribution in [0.3, 0.4) is 0 Å². The number of rotatable bonds is 7. The highest BCUT2D eigenvalue weighted by molar-refractivity contribution is 6.33. The standard InChI is InChI=1S/C19H16ClFN6O2/c20-16-10-14(27(28)29)7-8-18(16)24-9-1-2-17-15(11-22)19(23)26(25-17)13-5-3-12(21)4-6-13/h3-8,10,24H,1-2,9,23H2. The topological polar surface area (TPSA) is 123 Å². The summed E-state index contributed by atoms with van der Waals surface area (Å²) in [7, 11) is 0. The molecule has 0 fully saturated rings. The van der Waals surface area contributed by atoms with Crippen LogP contribution in [-0.4, -0.2) is 21.2 Å². The van der Waals surface area contributed by atoms with Crippen molar-refractivity contribution in [3.63, 3.8) is 0 Å². The fraction of sp³-hybridized carbons (Fsp3) is 0.158. The van der Waals surface area contributed by atoms with E-state index in [9.17, 15) is 19.8 Å². The van der Waals surface area contributed by atoms with Crippen molar-refractivity contribution in [1.82, 2.24) is 9.78 Å². The number of nitrogens with two attached hydrogens (primary N) is 1. The number of nitrogens with zero attached hydrogens (tertiary/aromatic N) is 4. The second kappa shape index (κ2) is 8.58. The Morgan fingerprint density at radius 3 is 2.66 bits per heavy atom. The first-order valence-corrected chi connectivity index (χ1v) is 8.99. The normalized spacial score (nSPS) is 10.5. The lowest BCUT2D eigenvalue weighted by molar-refractivity contribution is -0.384. The number of hydrogen-bond acceptors (Lipinski definition) is 6. The Kier molecular flexibility index (Phi) is 5.95. The van der Waals surface area contributed by atoms with Crippen molar-refractivity contribution in [3.8, 4) is 11.8 Å². The molecule has 0 spiro atoms. The number of halogens is 2. The molecule has 3 N–H and O–H groups in total. The van der Waals surface area contributed by atoms with Gasteiger partial charge in [-0.2, -0.15) is 10.4 Å². The molecule has 0 aliphatic rings. The van der Waals surface area contributed by atoms with Gasteiger partial charge in [0.25, 0.3) is 5.69 Å². The minimum Gasteiger partial charge on any atom is -0.384 e. The third kappa shape index (κ3) is 4.44. The van der Waals surface area contributed by atoms with Crippen LogP contribution in [0.15, 0.2) is 42.5 Å². The van der Waals surface area contributed by atoms with Gasteiger partial charge in [-0.05, 0) is 43.2 Å². The van der Waals surface area contributed by atoms with Crippen molar-refractivity contribution < 1.29 is 9.31 Å². The fourth-order valence-corrected chi connectivity index (χ4v) is 3.04. The molecule has 10 heteroatoms. The number of non-ortho nitro benzene ring substituents is 1. The summed E-state index contributed by atoms with van der Waals surface area (Å²) >= 11 is 6.05. The number of benzene rings is 2. The maximum Gasteiger partial charge on any atom is 0.271 e. The van der Waals surface area contributed by atoms with Crippen LogP contribution in [0.5, 0.6) is 0 Å². The van der Waals surface area contributed by atoms with Crippen molar-refractivity contribution >= 4 is 28.8 Å². The summed E-state index contributed by atoms with van der Waals surface area (Å²) in [6.07, 6.45) is 1.08. The minimum absolute atomic E-state index is 0.0824. The van der Waals surface area contributed by atoms with Crippen LogP contribution in [0.4, 0.5) is 21.6 Å². The van der Waals surface area contributed by atoms with Gasteiger partial charge in [0, 0.05) is 18.7 Å². The second-order valence-corrected chi connectivity index (χ2v) is 6.57. The highest BCUT2D eigenvalue weighted by atomic mass is 35.5. The van der Waals surface area contributed by atoms with Crippen LogP contribution in [0.2, 0.25) is 5.02 Å². The summed E-state index contributed by atoms with van der Waals surface area (Å²) in [6.45, 7) is 0.506. The molecule has 3 aromatic rings. The Hall–Kier alpha value is -3.64. The van der Waals surface area contributed by atoms with Gasteiger partial charge in [-0.15, -0.1) is 0 Å². The van der Waals surface area contributed by atoms with Crippen LogP contribution < -0.4 is 11.1 Å². The highest BCUT2D eigenvalue weighted by Gasteiger charge is 2.16. The summed E-state index contributed by atoms with van der Waals surface area (Å²) < 4.78 is 14.5. The third-order valence-electron chi connectivity index (χ3n) is 4.25. The van der Waals surface area contributed by atoms with Gasteiger partial charge in [-0.3, -0.25) is 10.1 Å². The molecule has 0 saturated carbocycles. The Morgan fingerprint density at radius 2 is 2.03 bits per heavy atom. The van der Waals surface area contributed by atoms with Crippen LogP contribution >= 0.6 is 11.6 Å². The minimum atomic E-state index is -0.513. The molecule has 2 aromatic carbocycles. The van der Waals surface area contributed by atoms with Gasteiger partial charge in [0.1, 0.15) is 23.3 Å². The van der Waals surface area contributed by atoms with E-state index in [0.29, 0.717) is 36.5 Å². The molecule has 148 valence electrons. The van der Waals surface area contributed by atoms with Gasteiger partial charge in [0.15, 0.2) is 0 Å². The molecule has 29 heavy (non-hydrogen) atoms. The van der Waals surface area contributed by atoms with Gasteiger partial charge < -0.3 is 11.1 Å². The van der Waals surface area contributed by atoms with E-state index in [1.807, 2.05) is 0 Å². The monoisotopic (exact) mass is 414 g/mol. The average molecular weight is 415 g/mol. The average Bonchev–Trinajstić information content (AvgIpc) is 3.02. The number of aryl methyl sites for hydroxylation is 1. The number of nitrogens with one attached hydrogen (secondary N) is 1. The predicted octanol–water partition coefficient (Wildman–Crippen LogP) is 4.07. The van der Waals surface area contributed by atoms with Gasteiger partial charge >= 0.3 is 0 Å². The first kappa shape index (κ1) is 20.1. The fourth-order valence-electron chi connectivity index (χ4n) is 2.79. The van der Waals surface area contributed by atoms with Gasteiger partial charge in [0.2, 0.25) is 0 Å². The Balaban J connectivity index is 1.67. The molecule has 0 saturated heterocycles. The summed E-state index contributed by atoms with van der Waals surface area (Å²) in [4.78, 5) is 10.2. The van der Waals surface area contributed by atoms with Crippen LogP contribution in [0, 0.1) is 27.3 Å². The van der Waals surface area contributed by atoms with Crippen molar-refractivity contribution in [2.75, 3.05) is 17.6 Å². The summed E-state index contributed by atoms with van der Waals surface area (Å²) in [5.74, 6) is -0.184. The van der Waals surface area contributed by atoms with E-state index in [1.165, 1.54) is 41.1 Å². The number of nitro groups is 1. The first-order valence-electron chi connectivity index (χ1n) is 8.62. The maximum atomic E-state index is 13.1. The summed E-state index contributed by atoms with van der Waals surface area (Å²) in [6, 6.07) is 11.9.